The first-order valence-corrected chi connectivity index (χ1v) is 6.48. The summed E-state index contributed by atoms with van der Waals surface area (Å²) < 4.78 is 0. The first-order valence-electron chi connectivity index (χ1n) is 6.48. The number of carbonyl (C=O) groups excluding carboxylic acids is 2. The van der Waals surface area contributed by atoms with Crippen molar-refractivity contribution in [2.75, 3.05) is 6.54 Å². The maximum absolute atomic E-state index is 12.2. The second-order valence-corrected chi connectivity index (χ2v) is 4.67. The van der Waals surface area contributed by atoms with Crippen LogP contribution < -0.4 is 11.5 Å². The Bertz CT molecular complexity index is 504. The van der Waals surface area contributed by atoms with Crippen molar-refractivity contribution in [3.05, 3.63) is 35.9 Å². The monoisotopic (exact) mass is 293 g/mol. The maximum Gasteiger partial charge on any atom is 0.305 e. The van der Waals surface area contributed by atoms with Gasteiger partial charge in [0.2, 0.25) is 11.8 Å². The van der Waals surface area contributed by atoms with Gasteiger partial charge in [0, 0.05) is 19.5 Å². The molecule has 1 rings (SSSR count). The van der Waals surface area contributed by atoms with Crippen molar-refractivity contribution in [1.82, 2.24) is 4.90 Å². The molecule has 1 aromatic rings. The zero-order chi connectivity index (χ0) is 15.8. The van der Waals surface area contributed by atoms with E-state index in [2.05, 4.69) is 0 Å². The van der Waals surface area contributed by atoms with Gasteiger partial charge >= 0.3 is 5.97 Å². The number of primary amides is 1. The van der Waals surface area contributed by atoms with Gasteiger partial charge in [-0.2, -0.15) is 0 Å². The number of rotatable bonds is 8. The van der Waals surface area contributed by atoms with Crippen LogP contribution in [-0.2, 0) is 20.9 Å². The molecule has 0 aliphatic rings. The zero-order valence-corrected chi connectivity index (χ0v) is 11.6. The van der Waals surface area contributed by atoms with E-state index in [1.807, 2.05) is 30.3 Å². The molecule has 0 aromatic heterocycles. The van der Waals surface area contributed by atoms with Crippen LogP contribution in [0, 0.1) is 0 Å². The third-order valence-corrected chi connectivity index (χ3v) is 2.87. The third-order valence-electron chi connectivity index (χ3n) is 2.87. The predicted octanol–water partition coefficient (Wildman–Crippen LogP) is -0.307. The molecule has 1 aromatic carbocycles. The molecule has 1 atom stereocenters. The summed E-state index contributed by atoms with van der Waals surface area (Å²) in [5, 5.41) is 8.70. The van der Waals surface area contributed by atoms with Crippen LogP contribution in [0.1, 0.15) is 18.4 Å². The molecular formula is C14H19N3O4. The first-order chi connectivity index (χ1) is 9.90. The van der Waals surface area contributed by atoms with Gasteiger partial charge in [-0.25, -0.2) is 0 Å². The Morgan fingerprint density at radius 3 is 2.33 bits per heavy atom. The number of nitrogens with zero attached hydrogens (tertiary/aromatic N) is 1. The molecule has 0 saturated heterocycles. The molecule has 0 bridgehead atoms. The van der Waals surface area contributed by atoms with E-state index >= 15 is 0 Å². The number of amides is 2. The molecule has 2 amide bonds. The largest absolute Gasteiger partial charge is 0.481 e. The van der Waals surface area contributed by atoms with E-state index in [0.717, 1.165) is 5.56 Å². The average molecular weight is 293 g/mol. The summed E-state index contributed by atoms with van der Waals surface area (Å²) in [5.74, 6) is -2.19. The number of carboxylic acid groups (broad SMARTS) is 1. The van der Waals surface area contributed by atoms with Gasteiger partial charge in [-0.15, -0.1) is 0 Å². The number of carboxylic acids is 1. The lowest BCUT2D eigenvalue weighted by molar-refractivity contribution is -0.142. The van der Waals surface area contributed by atoms with Gasteiger partial charge < -0.3 is 21.5 Å². The zero-order valence-electron chi connectivity index (χ0n) is 11.6. The van der Waals surface area contributed by atoms with E-state index < -0.39 is 30.2 Å². The number of carbonyl (C=O) groups is 3. The van der Waals surface area contributed by atoms with Crippen molar-refractivity contribution in [1.29, 1.82) is 0 Å². The van der Waals surface area contributed by atoms with Crippen molar-refractivity contribution in [3.8, 4) is 0 Å². The van der Waals surface area contributed by atoms with Crippen LogP contribution in [0.5, 0.6) is 0 Å². The Labute approximate surface area is 122 Å². The third kappa shape index (κ3) is 6.05. The van der Waals surface area contributed by atoms with E-state index in [1.165, 1.54) is 4.90 Å². The van der Waals surface area contributed by atoms with Gasteiger partial charge in [-0.3, -0.25) is 14.4 Å². The molecule has 7 nitrogen and oxygen atoms in total. The van der Waals surface area contributed by atoms with E-state index in [-0.39, 0.29) is 19.5 Å². The standard InChI is InChI=1S/C14H19N3O4/c15-11(8-13(19)20)14(21)17(7-6-12(16)18)9-10-4-2-1-3-5-10/h1-5,11H,6-9,15H2,(H2,16,18)(H,19,20). The molecule has 21 heavy (non-hydrogen) atoms. The molecule has 7 heteroatoms. The number of hydrogen-bond donors (Lipinski definition) is 3. The van der Waals surface area contributed by atoms with Gasteiger partial charge in [-0.05, 0) is 5.56 Å². The van der Waals surface area contributed by atoms with Gasteiger partial charge in [0.25, 0.3) is 0 Å². The van der Waals surface area contributed by atoms with E-state index in [1.54, 1.807) is 0 Å². The van der Waals surface area contributed by atoms with Crippen molar-refractivity contribution in [2.45, 2.75) is 25.4 Å². The Morgan fingerprint density at radius 1 is 1.19 bits per heavy atom. The number of aliphatic carboxylic acids is 1. The number of nitrogens with two attached hydrogens (primary N) is 2. The summed E-state index contributed by atoms with van der Waals surface area (Å²) in [6.45, 7) is 0.358. The molecular weight excluding hydrogens is 274 g/mol. The topological polar surface area (TPSA) is 127 Å². The first kappa shape index (κ1) is 16.6. The van der Waals surface area contributed by atoms with Gasteiger partial charge in [-0.1, -0.05) is 30.3 Å². The van der Waals surface area contributed by atoms with Gasteiger partial charge in [0.1, 0.15) is 0 Å². The van der Waals surface area contributed by atoms with E-state index in [0.29, 0.717) is 0 Å². The number of benzene rings is 1. The molecule has 0 heterocycles. The fraction of sp³-hybridized carbons (Fsp3) is 0.357. The Balaban J connectivity index is 2.78. The minimum absolute atomic E-state index is 0.00162. The lowest BCUT2D eigenvalue weighted by atomic mass is 10.1. The molecule has 0 spiro atoms. The van der Waals surface area contributed by atoms with E-state index in [4.69, 9.17) is 16.6 Å². The molecule has 0 saturated carbocycles. The highest BCUT2D eigenvalue weighted by Crippen LogP contribution is 2.08. The Kier molecular flexibility index (Phi) is 6.35. The van der Waals surface area contributed by atoms with Crippen molar-refractivity contribution in [2.24, 2.45) is 11.5 Å². The molecule has 0 aliphatic heterocycles. The molecule has 0 fully saturated rings. The molecule has 0 aliphatic carbocycles. The summed E-state index contributed by atoms with van der Waals surface area (Å²) in [6, 6.07) is 8.00. The SMILES string of the molecule is NC(=O)CCN(Cc1ccccc1)C(=O)C(N)CC(=O)O. The van der Waals surface area contributed by atoms with Crippen molar-refractivity contribution >= 4 is 17.8 Å². The van der Waals surface area contributed by atoms with Gasteiger partial charge in [0.05, 0.1) is 12.5 Å². The highest BCUT2D eigenvalue weighted by molar-refractivity contribution is 5.86. The van der Waals surface area contributed by atoms with Crippen LogP contribution in [0.15, 0.2) is 30.3 Å². The van der Waals surface area contributed by atoms with Crippen LogP contribution in [0.3, 0.4) is 0 Å². The maximum atomic E-state index is 12.2. The summed E-state index contributed by atoms with van der Waals surface area (Å²) in [7, 11) is 0. The smallest absolute Gasteiger partial charge is 0.305 e. The second kappa shape index (κ2) is 8.01. The highest BCUT2D eigenvalue weighted by atomic mass is 16.4. The molecule has 0 radical (unpaired) electrons. The van der Waals surface area contributed by atoms with Crippen molar-refractivity contribution < 1.29 is 19.5 Å². The average Bonchev–Trinajstić information content (AvgIpc) is 2.42. The quantitative estimate of drug-likeness (QED) is 0.606. The normalized spacial score (nSPS) is 11.7. The fourth-order valence-electron chi connectivity index (χ4n) is 1.83. The van der Waals surface area contributed by atoms with Crippen LogP contribution in [0.2, 0.25) is 0 Å². The van der Waals surface area contributed by atoms with E-state index in [9.17, 15) is 14.4 Å². The number of hydrogen-bond acceptors (Lipinski definition) is 4. The van der Waals surface area contributed by atoms with Crippen molar-refractivity contribution in [3.63, 3.8) is 0 Å². The summed E-state index contributed by atoms with van der Waals surface area (Å²) >= 11 is 0. The molecule has 114 valence electrons. The lowest BCUT2D eigenvalue weighted by Crippen LogP contribution is -2.45. The highest BCUT2D eigenvalue weighted by Gasteiger charge is 2.23. The summed E-state index contributed by atoms with van der Waals surface area (Å²) in [6.07, 6.45) is -0.459. The Hall–Kier alpha value is -2.41. The van der Waals surface area contributed by atoms with Crippen LogP contribution in [-0.4, -0.2) is 40.4 Å². The summed E-state index contributed by atoms with van der Waals surface area (Å²) in [5.41, 5.74) is 11.5. The van der Waals surface area contributed by atoms with Gasteiger partial charge in [0.15, 0.2) is 0 Å². The van der Waals surface area contributed by atoms with Crippen LogP contribution in [0.25, 0.3) is 0 Å². The van der Waals surface area contributed by atoms with Crippen LogP contribution in [0.4, 0.5) is 0 Å². The fourth-order valence-corrected chi connectivity index (χ4v) is 1.83. The van der Waals surface area contributed by atoms with Crippen LogP contribution >= 0.6 is 0 Å². The summed E-state index contributed by atoms with van der Waals surface area (Å²) in [4.78, 5) is 35.1. The lowest BCUT2D eigenvalue weighted by Gasteiger charge is -2.25. The minimum Gasteiger partial charge on any atom is -0.481 e. The molecule has 5 N–H and O–H groups in total. The minimum atomic E-state index is -1.15. The predicted molar refractivity (Wildman–Crippen MR) is 75.9 cm³/mol. The Morgan fingerprint density at radius 2 is 1.81 bits per heavy atom. The molecule has 1 unspecified atom stereocenters. The second-order valence-electron chi connectivity index (χ2n) is 4.67.